The van der Waals surface area contributed by atoms with Crippen molar-refractivity contribution in [3.8, 4) is 11.3 Å². The van der Waals surface area contributed by atoms with Gasteiger partial charge in [-0.1, -0.05) is 13.0 Å². The lowest BCUT2D eigenvalue weighted by atomic mass is 9.65. The van der Waals surface area contributed by atoms with Gasteiger partial charge in [0.25, 0.3) is 0 Å². The van der Waals surface area contributed by atoms with Gasteiger partial charge >= 0.3 is 6.03 Å². The quantitative estimate of drug-likeness (QED) is 0.709. The van der Waals surface area contributed by atoms with Gasteiger partial charge in [0.15, 0.2) is 0 Å². The van der Waals surface area contributed by atoms with Crippen LogP contribution in [-0.4, -0.2) is 50.8 Å². The molecule has 1 saturated heterocycles. The zero-order valence-electron chi connectivity index (χ0n) is 17.6. The summed E-state index contributed by atoms with van der Waals surface area (Å²) in [5.74, 6) is 0.622. The molecule has 0 spiro atoms. The number of aryl methyl sites for hydroxylation is 1. The SMILES string of the molecule is COC[C@@]12C[C@H](C)C[C@@H](C1)N2C(=O)Nc1ccc(C)c(-c2cn3nccc3cn2)c1. The van der Waals surface area contributed by atoms with Crippen molar-refractivity contribution in [2.75, 3.05) is 19.0 Å². The number of carbonyl (C=O) groups excluding carboxylic acids is 1. The second kappa shape index (κ2) is 7.09. The van der Waals surface area contributed by atoms with Gasteiger partial charge in [-0.2, -0.15) is 5.10 Å². The number of aromatic nitrogens is 3. The van der Waals surface area contributed by atoms with E-state index in [2.05, 4.69) is 22.3 Å². The number of carbonyl (C=O) groups is 1. The van der Waals surface area contributed by atoms with Gasteiger partial charge in [-0.05, 0) is 55.9 Å². The van der Waals surface area contributed by atoms with E-state index in [-0.39, 0.29) is 11.6 Å². The molecule has 2 fully saturated rings. The summed E-state index contributed by atoms with van der Waals surface area (Å²) in [4.78, 5) is 19.8. The third-order valence-corrected chi connectivity index (χ3v) is 6.57. The number of likely N-dealkylation sites (tertiary alicyclic amines) is 1. The van der Waals surface area contributed by atoms with E-state index in [0.717, 1.165) is 47.3 Å². The highest BCUT2D eigenvalue weighted by molar-refractivity contribution is 5.92. The first-order chi connectivity index (χ1) is 14.5. The lowest BCUT2D eigenvalue weighted by molar-refractivity contribution is -0.122. The summed E-state index contributed by atoms with van der Waals surface area (Å²) in [6, 6.07) is 8.14. The van der Waals surface area contributed by atoms with Crippen molar-refractivity contribution < 1.29 is 9.53 Å². The van der Waals surface area contributed by atoms with Gasteiger partial charge in [0.2, 0.25) is 0 Å². The molecule has 2 aliphatic rings. The van der Waals surface area contributed by atoms with Crippen LogP contribution in [0.1, 0.15) is 31.7 Å². The number of hydrogen-bond donors (Lipinski definition) is 1. The normalized spacial score (nSPS) is 25.2. The minimum Gasteiger partial charge on any atom is -0.382 e. The van der Waals surface area contributed by atoms with Gasteiger partial charge in [0.05, 0.1) is 41.9 Å². The molecule has 1 aliphatic carbocycles. The van der Waals surface area contributed by atoms with Crippen molar-refractivity contribution in [2.24, 2.45) is 5.92 Å². The molecule has 1 saturated carbocycles. The van der Waals surface area contributed by atoms with Gasteiger partial charge in [0.1, 0.15) is 0 Å². The lowest BCUT2D eigenvalue weighted by Gasteiger charge is -2.63. The number of ether oxygens (including phenoxy) is 1. The molecular weight excluding hydrogens is 378 g/mol. The Balaban J connectivity index is 1.40. The van der Waals surface area contributed by atoms with Crippen LogP contribution in [0.2, 0.25) is 0 Å². The zero-order valence-corrected chi connectivity index (χ0v) is 17.6. The van der Waals surface area contributed by atoms with E-state index in [1.807, 2.05) is 53.0 Å². The summed E-state index contributed by atoms with van der Waals surface area (Å²) < 4.78 is 7.29. The maximum atomic E-state index is 13.2. The molecule has 7 heteroatoms. The largest absolute Gasteiger partial charge is 0.382 e. The predicted molar refractivity (Wildman–Crippen MR) is 115 cm³/mol. The monoisotopic (exact) mass is 405 g/mol. The van der Waals surface area contributed by atoms with Crippen LogP contribution in [0.3, 0.4) is 0 Å². The van der Waals surface area contributed by atoms with Crippen LogP contribution in [0.15, 0.2) is 42.9 Å². The molecule has 1 aliphatic heterocycles. The van der Waals surface area contributed by atoms with Crippen molar-refractivity contribution in [1.82, 2.24) is 19.5 Å². The van der Waals surface area contributed by atoms with Crippen LogP contribution in [0.4, 0.5) is 10.5 Å². The molecule has 3 aromatic rings. The number of fused-ring (bicyclic) bond motifs is 3. The van der Waals surface area contributed by atoms with E-state index in [9.17, 15) is 4.79 Å². The van der Waals surface area contributed by atoms with Crippen LogP contribution in [0.25, 0.3) is 16.8 Å². The van der Waals surface area contributed by atoms with E-state index in [1.165, 1.54) is 0 Å². The van der Waals surface area contributed by atoms with Crippen LogP contribution < -0.4 is 5.32 Å². The fourth-order valence-corrected chi connectivity index (χ4v) is 5.43. The fourth-order valence-electron chi connectivity index (χ4n) is 5.43. The van der Waals surface area contributed by atoms with Crippen LogP contribution in [-0.2, 0) is 4.74 Å². The molecule has 1 N–H and O–H groups in total. The van der Waals surface area contributed by atoms with E-state index in [0.29, 0.717) is 18.6 Å². The highest BCUT2D eigenvalue weighted by atomic mass is 16.5. The lowest BCUT2D eigenvalue weighted by Crippen LogP contribution is -2.74. The molecule has 3 atom stereocenters. The second-order valence-electron chi connectivity index (χ2n) is 8.86. The average Bonchev–Trinajstić information content (AvgIpc) is 3.16. The molecule has 0 unspecified atom stereocenters. The summed E-state index contributed by atoms with van der Waals surface area (Å²) in [7, 11) is 1.72. The van der Waals surface area contributed by atoms with Crippen LogP contribution >= 0.6 is 0 Å². The number of nitrogens with one attached hydrogen (secondary N) is 1. The van der Waals surface area contributed by atoms with Gasteiger partial charge in [-0.15, -0.1) is 0 Å². The molecule has 2 aromatic heterocycles. The van der Waals surface area contributed by atoms with Crippen molar-refractivity contribution in [2.45, 2.75) is 44.7 Å². The maximum absolute atomic E-state index is 13.2. The van der Waals surface area contributed by atoms with Gasteiger partial charge in [0, 0.05) is 24.4 Å². The Morgan fingerprint density at radius 3 is 3.03 bits per heavy atom. The minimum atomic E-state index is -0.165. The Morgan fingerprint density at radius 1 is 1.33 bits per heavy atom. The van der Waals surface area contributed by atoms with E-state index in [4.69, 9.17) is 4.74 Å². The van der Waals surface area contributed by atoms with Crippen molar-refractivity contribution in [3.05, 3.63) is 48.4 Å². The first-order valence-corrected chi connectivity index (χ1v) is 10.5. The highest BCUT2D eigenvalue weighted by Gasteiger charge is 2.58. The van der Waals surface area contributed by atoms with Crippen LogP contribution in [0.5, 0.6) is 0 Å². The first-order valence-electron chi connectivity index (χ1n) is 10.5. The summed E-state index contributed by atoms with van der Waals surface area (Å²) in [5, 5.41) is 7.42. The molecule has 1 aromatic carbocycles. The van der Waals surface area contributed by atoms with E-state index in [1.54, 1.807) is 13.3 Å². The summed E-state index contributed by atoms with van der Waals surface area (Å²) >= 11 is 0. The number of piperidine rings is 1. The number of rotatable bonds is 4. The predicted octanol–water partition coefficient (Wildman–Crippen LogP) is 4.13. The van der Waals surface area contributed by atoms with Gasteiger partial charge < -0.3 is 15.0 Å². The molecule has 2 amide bonds. The Morgan fingerprint density at radius 2 is 2.20 bits per heavy atom. The molecule has 7 nitrogen and oxygen atoms in total. The Hall–Kier alpha value is -2.93. The topological polar surface area (TPSA) is 71.8 Å². The molecule has 3 heterocycles. The third kappa shape index (κ3) is 3.04. The Labute approximate surface area is 176 Å². The number of nitrogens with zero attached hydrogens (tertiary/aromatic N) is 4. The number of methoxy groups -OCH3 is 1. The van der Waals surface area contributed by atoms with Crippen molar-refractivity contribution >= 4 is 17.2 Å². The Bertz CT molecular complexity index is 1110. The van der Waals surface area contributed by atoms with Crippen molar-refractivity contribution in [1.29, 1.82) is 0 Å². The van der Waals surface area contributed by atoms with Crippen molar-refractivity contribution in [3.63, 3.8) is 0 Å². The molecule has 5 rings (SSSR count). The highest BCUT2D eigenvalue weighted by Crippen LogP contribution is 2.50. The Kier molecular flexibility index (Phi) is 4.50. The molecular formula is C23H27N5O2. The minimum absolute atomic E-state index is 0.0412. The first kappa shape index (κ1) is 19.1. The van der Waals surface area contributed by atoms with Gasteiger partial charge in [-0.3, -0.25) is 4.98 Å². The number of anilines is 1. The number of benzene rings is 1. The molecule has 30 heavy (non-hydrogen) atoms. The number of hydrogen-bond acceptors (Lipinski definition) is 4. The number of urea groups is 1. The molecule has 0 radical (unpaired) electrons. The third-order valence-electron chi connectivity index (χ3n) is 6.57. The molecule has 156 valence electrons. The standard InChI is InChI=1S/C23H27N5O2/c1-15-8-19-11-23(10-15,14-30-3)28(19)22(29)26-17-5-4-16(2)20(9-17)21-13-27-18(12-24-21)6-7-25-27/h4-7,9,12-13,15,19H,8,10-11,14H2,1-3H3,(H,26,29)/t15-,19+,23-/m1/s1. The summed E-state index contributed by atoms with van der Waals surface area (Å²) in [6.07, 6.45) is 8.57. The summed E-state index contributed by atoms with van der Waals surface area (Å²) in [6.45, 7) is 4.90. The maximum Gasteiger partial charge on any atom is 0.322 e. The van der Waals surface area contributed by atoms with Gasteiger partial charge in [-0.25, -0.2) is 9.31 Å². The molecule has 2 bridgehead atoms. The number of amides is 2. The smallest absolute Gasteiger partial charge is 0.322 e. The zero-order chi connectivity index (χ0) is 20.9. The average molecular weight is 406 g/mol. The van der Waals surface area contributed by atoms with E-state index >= 15 is 0 Å². The van der Waals surface area contributed by atoms with Crippen LogP contribution in [0, 0.1) is 12.8 Å². The summed E-state index contributed by atoms with van der Waals surface area (Å²) in [5.41, 5.74) is 4.45. The van der Waals surface area contributed by atoms with E-state index < -0.39 is 0 Å². The fraction of sp³-hybridized carbons (Fsp3) is 0.435. The second-order valence-corrected chi connectivity index (χ2v) is 8.86.